The summed E-state index contributed by atoms with van der Waals surface area (Å²) in [5.41, 5.74) is 1.64. The highest BCUT2D eigenvalue weighted by atomic mass is 35.5. The third-order valence-electron chi connectivity index (χ3n) is 2.64. The van der Waals surface area contributed by atoms with Gasteiger partial charge in [-0.2, -0.15) is 0 Å². The van der Waals surface area contributed by atoms with Crippen molar-refractivity contribution in [1.82, 2.24) is 0 Å². The van der Waals surface area contributed by atoms with Crippen molar-refractivity contribution in [3.05, 3.63) is 63.6 Å². The highest BCUT2D eigenvalue weighted by molar-refractivity contribution is 6.33. The lowest BCUT2D eigenvalue weighted by Crippen LogP contribution is -1.98. The Morgan fingerprint density at radius 2 is 1.72 bits per heavy atom. The van der Waals surface area contributed by atoms with Crippen molar-refractivity contribution in [3.63, 3.8) is 0 Å². The SMILES string of the molecule is COc1ccc(Cl)cc1C(Cl)c1ccccc1Cl. The van der Waals surface area contributed by atoms with Crippen molar-refractivity contribution in [3.8, 4) is 5.75 Å². The zero-order valence-electron chi connectivity index (χ0n) is 9.66. The largest absolute Gasteiger partial charge is 0.496 e. The van der Waals surface area contributed by atoms with Gasteiger partial charge in [0.25, 0.3) is 0 Å². The molecule has 1 nitrogen and oxygen atoms in total. The number of hydrogen-bond donors (Lipinski definition) is 0. The highest BCUT2D eigenvalue weighted by Crippen LogP contribution is 2.39. The van der Waals surface area contributed by atoms with Crippen LogP contribution in [0.25, 0.3) is 0 Å². The van der Waals surface area contributed by atoms with Crippen molar-refractivity contribution in [2.24, 2.45) is 0 Å². The van der Waals surface area contributed by atoms with Gasteiger partial charge in [-0.25, -0.2) is 0 Å². The van der Waals surface area contributed by atoms with Gasteiger partial charge in [0.1, 0.15) is 5.75 Å². The van der Waals surface area contributed by atoms with Crippen LogP contribution < -0.4 is 4.74 Å². The van der Waals surface area contributed by atoms with E-state index in [4.69, 9.17) is 39.5 Å². The molecule has 0 aliphatic rings. The third-order valence-corrected chi connectivity index (χ3v) is 3.69. The standard InChI is InChI=1S/C14H11Cl3O/c1-18-13-7-6-9(15)8-11(13)14(17)10-4-2-3-5-12(10)16/h2-8,14H,1H3. The third kappa shape index (κ3) is 2.74. The van der Waals surface area contributed by atoms with Crippen molar-refractivity contribution < 1.29 is 4.74 Å². The van der Waals surface area contributed by atoms with Crippen LogP contribution in [0.5, 0.6) is 5.75 Å². The van der Waals surface area contributed by atoms with Gasteiger partial charge in [0.05, 0.1) is 12.5 Å². The molecular weight excluding hydrogens is 291 g/mol. The fraction of sp³-hybridized carbons (Fsp3) is 0.143. The Kier molecular flexibility index (Phi) is 4.39. The minimum Gasteiger partial charge on any atom is -0.496 e. The zero-order valence-corrected chi connectivity index (χ0v) is 11.9. The minimum absolute atomic E-state index is 0.396. The second kappa shape index (κ2) is 5.83. The lowest BCUT2D eigenvalue weighted by Gasteiger charge is -2.15. The summed E-state index contributed by atoms with van der Waals surface area (Å²) in [7, 11) is 1.60. The van der Waals surface area contributed by atoms with Crippen LogP contribution in [0.1, 0.15) is 16.5 Å². The van der Waals surface area contributed by atoms with Gasteiger partial charge in [-0.1, -0.05) is 41.4 Å². The Bertz CT molecular complexity index is 554. The Morgan fingerprint density at radius 3 is 2.39 bits per heavy atom. The average molecular weight is 302 g/mol. The lowest BCUT2D eigenvalue weighted by atomic mass is 10.0. The molecule has 0 aliphatic carbocycles. The Balaban J connectivity index is 2.48. The summed E-state index contributed by atoms with van der Waals surface area (Å²) < 4.78 is 5.30. The van der Waals surface area contributed by atoms with Crippen LogP contribution >= 0.6 is 34.8 Å². The van der Waals surface area contributed by atoms with Crippen molar-refractivity contribution in [1.29, 1.82) is 0 Å². The van der Waals surface area contributed by atoms with Gasteiger partial charge in [0.15, 0.2) is 0 Å². The molecule has 0 spiro atoms. The summed E-state index contributed by atoms with van der Waals surface area (Å²) >= 11 is 18.6. The van der Waals surface area contributed by atoms with Crippen LogP contribution in [-0.4, -0.2) is 7.11 Å². The van der Waals surface area contributed by atoms with Crippen molar-refractivity contribution in [2.45, 2.75) is 5.38 Å². The lowest BCUT2D eigenvalue weighted by molar-refractivity contribution is 0.410. The van der Waals surface area contributed by atoms with E-state index in [0.29, 0.717) is 15.8 Å². The number of hydrogen-bond acceptors (Lipinski definition) is 1. The summed E-state index contributed by atoms with van der Waals surface area (Å²) in [6.45, 7) is 0. The first kappa shape index (κ1) is 13.5. The molecule has 2 aromatic rings. The molecule has 0 amide bonds. The van der Waals surface area contributed by atoms with Gasteiger partial charge >= 0.3 is 0 Å². The first-order valence-electron chi connectivity index (χ1n) is 5.35. The molecule has 94 valence electrons. The molecule has 0 fully saturated rings. The van der Waals surface area contributed by atoms with Crippen LogP contribution in [0.15, 0.2) is 42.5 Å². The van der Waals surface area contributed by atoms with E-state index >= 15 is 0 Å². The van der Waals surface area contributed by atoms with Gasteiger partial charge in [-0.05, 0) is 29.8 Å². The molecule has 1 atom stereocenters. The summed E-state index contributed by atoms with van der Waals surface area (Å²) in [6, 6.07) is 12.8. The van der Waals surface area contributed by atoms with Gasteiger partial charge < -0.3 is 4.74 Å². The summed E-state index contributed by atoms with van der Waals surface area (Å²) in [6.07, 6.45) is 0. The summed E-state index contributed by atoms with van der Waals surface area (Å²) in [5, 5.41) is 0.843. The number of alkyl halides is 1. The van der Waals surface area contributed by atoms with Gasteiger partial charge in [-0.15, -0.1) is 11.6 Å². The molecule has 0 saturated carbocycles. The molecule has 0 bridgehead atoms. The maximum absolute atomic E-state index is 6.47. The fourth-order valence-electron chi connectivity index (χ4n) is 1.75. The Morgan fingerprint density at radius 1 is 1.00 bits per heavy atom. The second-order valence-electron chi connectivity index (χ2n) is 3.77. The van der Waals surface area contributed by atoms with Gasteiger partial charge in [0.2, 0.25) is 0 Å². The van der Waals surface area contributed by atoms with E-state index in [0.717, 1.165) is 11.1 Å². The normalized spacial score (nSPS) is 12.2. The van der Waals surface area contributed by atoms with Crippen LogP contribution in [0.2, 0.25) is 10.0 Å². The molecule has 2 aromatic carbocycles. The van der Waals surface area contributed by atoms with E-state index in [2.05, 4.69) is 0 Å². The fourth-order valence-corrected chi connectivity index (χ4v) is 2.59. The number of benzene rings is 2. The zero-order chi connectivity index (χ0) is 13.1. The van der Waals surface area contributed by atoms with E-state index in [-0.39, 0.29) is 0 Å². The number of methoxy groups -OCH3 is 1. The quantitative estimate of drug-likeness (QED) is 0.696. The summed E-state index contributed by atoms with van der Waals surface area (Å²) in [4.78, 5) is 0. The van der Waals surface area contributed by atoms with Crippen LogP contribution in [-0.2, 0) is 0 Å². The molecular formula is C14H11Cl3O. The number of ether oxygens (including phenoxy) is 1. The molecule has 0 saturated heterocycles. The van der Waals surface area contributed by atoms with E-state index in [9.17, 15) is 0 Å². The summed E-state index contributed by atoms with van der Waals surface area (Å²) in [5.74, 6) is 0.694. The maximum Gasteiger partial charge on any atom is 0.123 e. The molecule has 1 unspecified atom stereocenters. The monoisotopic (exact) mass is 300 g/mol. The second-order valence-corrected chi connectivity index (χ2v) is 5.05. The van der Waals surface area contributed by atoms with E-state index in [1.165, 1.54) is 0 Å². The maximum atomic E-state index is 6.47. The molecule has 4 heteroatoms. The van der Waals surface area contributed by atoms with E-state index in [1.807, 2.05) is 24.3 Å². The van der Waals surface area contributed by atoms with E-state index < -0.39 is 5.38 Å². The topological polar surface area (TPSA) is 9.23 Å². The number of halogens is 3. The molecule has 0 radical (unpaired) electrons. The molecule has 18 heavy (non-hydrogen) atoms. The molecule has 0 aliphatic heterocycles. The van der Waals surface area contributed by atoms with Crippen LogP contribution in [0.3, 0.4) is 0 Å². The molecule has 0 N–H and O–H groups in total. The highest BCUT2D eigenvalue weighted by Gasteiger charge is 2.18. The molecule has 0 heterocycles. The predicted octanol–water partition coefficient (Wildman–Crippen LogP) is 5.33. The minimum atomic E-state index is -0.396. The Labute approximate surface area is 121 Å². The predicted molar refractivity (Wildman–Crippen MR) is 77.2 cm³/mol. The number of rotatable bonds is 3. The van der Waals surface area contributed by atoms with Crippen molar-refractivity contribution in [2.75, 3.05) is 7.11 Å². The van der Waals surface area contributed by atoms with Gasteiger partial charge in [-0.3, -0.25) is 0 Å². The smallest absolute Gasteiger partial charge is 0.123 e. The average Bonchev–Trinajstić information content (AvgIpc) is 2.38. The first-order chi connectivity index (χ1) is 8.63. The van der Waals surface area contributed by atoms with Crippen LogP contribution in [0.4, 0.5) is 0 Å². The molecule has 2 rings (SSSR count). The van der Waals surface area contributed by atoms with Crippen molar-refractivity contribution >= 4 is 34.8 Å². The Hall–Kier alpha value is -0.890. The van der Waals surface area contributed by atoms with Crippen LogP contribution in [0, 0.1) is 0 Å². The first-order valence-corrected chi connectivity index (χ1v) is 6.54. The molecule has 0 aromatic heterocycles. The van der Waals surface area contributed by atoms with E-state index in [1.54, 1.807) is 25.3 Å². The van der Waals surface area contributed by atoms with Gasteiger partial charge in [0, 0.05) is 15.6 Å².